The van der Waals surface area contributed by atoms with Gasteiger partial charge in [0.05, 0.1) is 22.7 Å². The normalized spacial score (nSPS) is 22.4. The van der Waals surface area contributed by atoms with Crippen molar-refractivity contribution in [2.45, 2.75) is 186 Å². The molecule has 4 nitrogen and oxygen atoms in total. The Balaban J connectivity index is 1.14. The molecule has 5 heteroatoms. The van der Waals surface area contributed by atoms with Gasteiger partial charge < -0.3 is 19.1 Å². The van der Waals surface area contributed by atoms with E-state index in [4.69, 9.17) is 8.53 Å². The first kappa shape index (κ1) is 50.1. The van der Waals surface area contributed by atoms with Crippen LogP contribution in [-0.4, -0.2) is 6.71 Å². The van der Waals surface area contributed by atoms with Gasteiger partial charge in [0.2, 0.25) is 0 Å². The van der Waals surface area contributed by atoms with Crippen molar-refractivity contribution >= 4 is 85.5 Å². The number of nitrogens with zero attached hydrogens (tertiary/aromatic N) is 3. The van der Waals surface area contributed by atoms with Crippen LogP contribution in [0.15, 0.2) is 162 Å². The van der Waals surface area contributed by atoms with Gasteiger partial charge in [-0.2, -0.15) is 0 Å². The average Bonchev–Trinajstić information content (AvgIpc) is 1.68. The maximum atomic E-state index is 9.15. The van der Waals surface area contributed by atoms with E-state index in [1.54, 1.807) is 6.07 Å². The maximum absolute atomic E-state index is 9.15. The molecule has 16 rings (SSSR count). The third-order valence-electron chi connectivity index (χ3n) is 22.2. The van der Waals surface area contributed by atoms with Crippen molar-refractivity contribution in [1.29, 1.82) is 0 Å². The lowest BCUT2D eigenvalue weighted by Crippen LogP contribution is -2.61. The maximum Gasteiger partial charge on any atom is 0.297 e. The number of furan rings is 1. The van der Waals surface area contributed by atoms with E-state index in [0.29, 0.717) is 11.3 Å². The third-order valence-corrected chi connectivity index (χ3v) is 22.2. The monoisotopic (exact) mass is 1100 g/mol. The van der Waals surface area contributed by atoms with Gasteiger partial charge in [-0.3, -0.25) is 0 Å². The molecule has 0 atom stereocenters. The number of para-hydroxylation sites is 2. The molecule has 1 fully saturated rings. The summed E-state index contributed by atoms with van der Waals surface area (Å²) in [4.78, 5) is 7.43. The Labute approximate surface area is 505 Å². The van der Waals surface area contributed by atoms with Crippen LogP contribution in [0.25, 0.3) is 22.1 Å². The molecule has 0 radical (unpaired) electrons. The number of aryl methyl sites for hydroxylation is 1. The highest BCUT2D eigenvalue weighted by molar-refractivity contribution is 7.00. The van der Waals surface area contributed by atoms with E-state index >= 15 is 0 Å². The predicted octanol–water partition coefficient (Wildman–Crippen LogP) is 20.1. The molecule has 424 valence electrons. The van der Waals surface area contributed by atoms with Crippen molar-refractivity contribution in [3.8, 4) is 11.1 Å². The van der Waals surface area contributed by atoms with Gasteiger partial charge in [0.25, 0.3) is 6.71 Å². The zero-order chi connectivity index (χ0) is 60.9. The lowest BCUT2D eigenvalue weighted by atomic mass is 9.35. The number of anilines is 9. The summed E-state index contributed by atoms with van der Waals surface area (Å²) in [5.74, 6) is 0. The van der Waals surface area contributed by atoms with Gasteiger partial charge >= 0.3 is 0 Å². The molecule has 2 bridgehead atoms. The first-order chi connectivity index (χ1) is 41.1. The van der Waals surface area contributed by atoms with E-state index in [0.717, 1.165) is 87.8 Å². The summed E-state index contributed by atoms with van der Waals surface area (Å²) in [6.07, 6.45) is 9.07. The average molecular weight is 1110 g/mol. The van der Waals surface area contributed by atoms with E-state index in [-0.39, 0.29) is 44.6 Å². The van der Waals surface area contributed by atoms with Crippen molar-refractivity contribution in [3.05, 3.63) is 202 Å². The minimum Gasteiger partial charge on any atom is -0.468 e. The molecule has 0 unspecified atom stereocenters. The zero-order valence-electron chi connectivity index (χ0n) is 55.0. The highest BCUT2D eigenvalue weighted by Gasteiger charge is 2.52. The fourth-order valence-electron chi connectivity index (χ4n) is 16.7. The van der Waals surface area contributed by atoms with Gasteiger partial charge in [-0.05, 0) is 224 Å². The molecule has 2 aliphatic heterocycles. The summed E-state index contributed by atoms with van der Waals surface area (Å²) in [7, 11) is 0. The van der Waals surface area contributed by atoms with Crippen LogP contribution in [0.2, 0.25) is 0 Å². The summed E-state index contributed by atoms with van der Waals surface area (Å²) in [5.41, 5.74) is 25.4. The fourth-order valence-corrected chi connectivity index (χ4v) is 16.7. The van der Waals surface area contributed by atoms with E-state index in [1.165, 1.54) is 86.7 Å². The molecule has 84 heavy (non-hydrogen) atoms. The van der Waals surface area contributed by atoms with Crippen molar-refractivity contribution < 1.29 is 8.53 Å². The molecule has 1 saturated carbocycles. The van der Waals surface area contributed by atoms with Gasteiger partial charge in [0.1, 0.15) is 5.58 Å². The van der Waals surface area contributed by atoms with Crippen LogP contribution in [0, 0.1) is 6.85 Å². The topological polar surface area (TPSA) is 22.9 Å². The molecule has 0 N–H and O–H groups in total. The van der Waals surface area contributed by atoms with E-state index in [9.17, 15) is 0 Å². The van der Waals surface area contributed by atoms with Crippen LogP contribution in [0.1, 0.15) is 190 Å². The number of benzene rings is 8. The Bertz CT molecular complexity index is 4320. The Morgan fingerprint density at radius 2 is 1.08 bits per heavy atom. The Morgan fingerprint density at radius 3 is 1.76 bits per heavy atom. The van der Waals surface area contributed by atoms with Crippen LogP contribution in [0.3, 0.4) is 0 Å². The van der Waals surface area contributed by atoms with Gasteiger partial charge in [-0.1, -0.05) is 181 Å². The zero-order valence-corrected chi connectivity index (χ0v) is 52.0. The highest BCUT2D eigenvalue weighted by atomic mass is 16.3. The lowest BCUT2D eigenvalue weighted by molar-refractivity contribution is 0.188. The van der Waals surface area contributed by atoms with Crippen LogP contribution < -0.4 is 31.3 Å². The largest absolute Gasteiger partial charge is 0.468 e. The second-order valence-electron chi connectivity index (χ2n) is 30.6. The third kappa shape index (κ3) is 7.77. The molecule has 0 spiro atoms. The molecule has 9 aromatic rings. The minimum absolute atomic E-state index is 0.00329. The Hall–Kier alpha value is -7.24. The summed E-state index contributed by atoms with van der Waals surface area (Å²) in [5, 5.41) is 1.14. The molecule has 5 aliphatic carbocycles. The van der Waals surface area contributed by atoms with Crippen LogP contribution in [-0.2, 0) is 37.9 Å². The van der Waals surface area contributed by atoms with Crippen LogP contribution in [0.4, 0.5) is 51.2 Å². The molecular formula is C79H84BN3O. The summed E-state index contributed by atoms with van der Waals surface area (Å²) in [6.45, 7) is 28.8. The van der Waals surface area contributed by atoms with E-state index in [1.807, 2.05) is 24.3 Å². The Kier molecular flexibility index (Phi) is 10.7. The van der Waals surface area contributed by atoms with Crippen LogP contribution >= 0.6 is 0 Å². The fraction of sp³-hybridized carbons (Fsp3) is 0.367. The van der Waals surface area contributed by atoms with Gasteiger partial charge in [0, 0.05) is 49.2 Å². The second kappa shape index (κ2) is 17.9. The van der Waals surface area contributed by atoms with Crippen LogP contribution in [0.5, 0.6) is 0 Å². The number of fused-ring (bicyclic) bond motifs is 10. The standard InChI is InChI=1S/C79H84BN3O/c1-49-23-21-22-28-62(49)81(52-26-19-16-20-27-52)54-45-65-70-66(46-54)83(64-34-32-57-69(68(64)50-24-17-15-18-25-50)77(11,12)38-37-75(57,7)8)63-33-29-51(73(2,3)4)43-61(63)80(70)72-71(82(65)53-30-31-56-58(44-53)76(9,10)36-35-74(56,5)6)55-47-59-60(48-67(55)84-72)79(14)41-39-78(59,13)40-42-79/h15-34,43-48H,35-42H2,1-14H3/i1D3. The van der Waals surface area contributed by atoms with Crippen molar-refractivity contribution in [3.63, 3.8) is 0 Å². The molecule has 8 aromatic carbocycles. The molecular weight excluding hydrogens is 1020 g/mol. The van der Waals surface area contributed by atoms with Crippen molar-refractivity contribution in [2.24, 2.45) is 0 Å². The molecule has 0 saturated heterocycles. The first-order valence-electron chi connectivity index (χ1n) is 33.0. The molecule has 0 amide bonds. The number of rotatable bonds is 6. The SMILES string of the molecule is [2H]C([2H])([2H])c1ccccc1N(c1ccccc1)c1cc2c3c(c1)N(c1ccc4c(c1)C(C)(C)CCC4(C)C)c1c(oc4cc5c(cc14)C1(C)CCC5(C)CC1)B3c1cc(C(C)(C)C)ccc1N2c1ccc2c(c1-c1ccccc1)C(C)(C)CCC2(C)C. The summed E-state index contributed by atoms with van der Waals surface area (Å²) < 4.78 is 35.4. The lowest BCUT2D eigenvalue weighted by Gasteiger charge is -2.52. The molecule has 7 aliphatic rings. The molecule has 3 heterocycles. The highest BCUT2D eigenvalue weighted by Crippen LogP contribution is 2.60. The van der Waals surface area contributed by atoms with Crippen molar-refractivity contribution in [2.75, 3.05) is 14.7 Å². The van der Waals surface area contributed by atoms with E-state index < -0.39 is 6.85 Å². The quantitative estimate of drug-likeness (QED) is 0.155. The summed E-state index contributed by atoms with van der Waals surface area (Å²) in [6, 6.07) is 58.6. The Morgan fingerprint density at radius 1 is 0.500 bits per heavy atom. The van der Waals surface area contributed by atoms with Gasteiger partial charge in [0.15, 0.2) is 0 Å². The number of hydrogen-bond donors (Lipinski definition) is 0. The summed E-state index contributed by atoms with van der Waals surface area (Å²) >= 11 is 0. The van der Waals surface area contributed by atoms with E-state index in [2.05, 4.69) is 232 Å². The van der Waals surface area contributed by atoms with Gasteiger partial charge in [-0.25, -0.2) is 0 Å². The number of hydrogen-bond acceptors (Lipinski definition) is 4. The predicted molar refractivity (Wildman–Crippen MR) is 358 cm³/mol. The first-order valence-corrected chi connectivity index (χ1v) is 31.5. The minimum atomic E-state index is -2.41. The smallest absolute Gasteiger partial charge is 0.297 e. The molecule has 1 aromatic heterocycles. The van der Waals surface area contributed by atoms with Gasteiger partial charge in [-0.15, -0.1) is 0 Å². The van der Waals surface area contributed by atoms with Crippen molar-refractivity contribution in [1.82, 2.24) is 0 Å². The second-order valence-corrected chi connectivity index (χ2v) is 30.6.